The molecule has 0 aliphatic heterocycles. The molecule has 1 amide bonds. The number of nitrogens with zero attached hydrogens (tertiary/aromatic N) is 1. The molecule has 0 radical (unpaired) electrons. The molecule has 1 aromatic heterocycles. The van der Waals surface area contributed by atoms with Gasteiger partial charge in [-0.2, -0.15) is 0 Å². The maximum Gasteiger partial charge on any atom is 0.332 e. The number of benzene rings is 2. The van der Waals surface area contributed by atoms with Crippen LogP contribution in [0, 0.1) is 5.82 Å². The van der Waals surface area contributed by atoms with E-state index in [9.17, 15) is 22.4 Å². The maximum atomic E-state index is 13.6. The van der Waals surface area contributed by atoms with Crippen LogP contribution in [-0.4, -0.2) is 72.2 Å². The van der Waals surface area contributed by atoms with Crippen molar-refractivity contribution in [2.75, 3.05) is 50.6 Å². The number of halogens is 1. The highest BCUT2D eigenvalue weighted by Gasteiger charge is 2.33. The van der Waals surface area contributed by atoms with E-state index in [1.165, 1.54) is 23.5 Å². The number of hydrogen-bond donors (Lipinski definition) is 1. The van der Waals surface area contributed by atoms with Crippen molar-refractivity contribution in [1.29, 1.82) is 0 Å². The minimum absolute atomic E-state index is 0.0810. The second-order valence-corrected chi connectivity index (χ2v) is 14.1. The summed E-state index contributed by atoms with van der Waals surface area (Å²) in [5, 5.41) is 3.22. The average molecular weight is 647 g/mol. The second kappa shape index (κ2) is 14.7. The molecule has 45 heavy (non-hydrogen) atoms. The molecular weight excluding hydrogens is 603 g/mol. The third-order valence-corrected chi connectivity index (χ3v) is 8.42. The Balaban J connectivity index is 1.42. The predicted octanol–water partition coefficient (Wildman–Crippen LogP) is 5.79. The lowest BCUT2D eigenvalue weighted by Gasteiger charge is -2.25. The van der Waals surface area contributed by atoms with Gasteiger partial charge in [-0.15, -0.1) is 0 Å². The van der Waals surface area contributed by atoms with Crippen LogP contribution in [0.4, 0.5) is 10.1 Å². The van der Waals surface area contributed by atoms with Gasteiger partial charge in [-0.25, -0.2) is 17.6 Å². The van der Waals surface area contributed by atoms with Gasteiger partial charge >= 0.3 is 5.97 Å². The number of sulfonamides is 1. The molecule has 0 spiro atoms. The van der Waals surface area contributed by atoms with Gasteiger partial charge < -0.3 is 23.9 Å². The number of amides is 1. The van der Waals surface area contributed by atoms with Gasteiger partial charge in [-0.3, -0.25) is 9.10 Å². The van der Waals surface area contributed by atoms with Crippen LogP contribution in [0.1, 0.15) is 74.7 Å². The highest BCUT2D eigenvalue weighted by molar-refractivity contribution is 7.92. The van der Waals surface area contributed by atoms with Gasteiger partial charge in [-0.05, 0) is 94.7 Å². The van der Waals surface area contributed by atoms with Crippen molar-refractivity contribution in [3.63, 3.8) is 0 Å². The summed E-state index contributed by atoms with van der Waals surface area (Å²) < 4.78 is 63.6. The van der Waals surface area contributed by atoms with Crippen molar-refractivity contribution >= 4 is 38.6 Å². The number of furan rings is 1. The van der Waals surface area contributed by atoms with Gasteiger partial charge in [0.2, 0.25) is 10.0 Å². The number of anilines is 1. The van der Waals surface area contributed by atoms with Crippen LogP contribution >= 0.6 is 0 Å². The topological polar surface area (TPSA) is 124 Å². The summed E-state index contributed by atoms with van der Waals surface area (Å²) >= 11 is 0. The van der Waals surface area contributed by atoms with Gasteiger partial charge in [0.05, 0.1) is 30.7 Å². The molecule has 0 bridgehead atoms. The molecule has 12 heteroatoms. The lowest BCUT2D eigenvalue weighted by molar-refractivity contribution is -0.160. The number of hydrogen-bond acceptors (Lipinski definition) is 8. The van der Waals surface area contributed by atoms with Gasteiger partial charge in [0.25, 0.3) is 5.91 Å². The molecule has 0 atom stereocenters. The van der Waals surface area contributed by atoms with Crippen LogP contribution in [0.15, 0.2) is 40.8 Å². The first kappa shape index (κ1) is 34.4. The number of carbonyl (C=O) groups excluding carboxylic acids is 2. The van der Waals surface area contributed by atoms with Crippen molar-refractivity contribution in [2.45, 2.75) is 64.4 Å². The normalized spacial score (nSPS) is 13.6. The number of nitrogens with one attached hydrogen (secondary N) is 1. The van der Waals surface area contributed by atoms with Crippen LogP contribution in [0.5, 0.6) is 0 Å². The molecule has 3 aromatic rings. The number of rotatable bonds is 16. The summed E-state index contributed by atoms with van der Waals surface area (Å²) in [6.45, 7) is 6.52. The monoisotopic (exact) mass is 646 g/mol. The summed E-state index contributed by atoms with van der Waals surface area (Å²) in [5.41, 5.74) is 1.99. The predicted molar refractivity (Wildman–Crippen MR) is 170 cm³/mol. The molecule has 1 N–H and O–H groups in total. The van der Waals surface area contributed by atoms with E-state index in [0.717, 1.165) is 43.9 Å². The van der Waals surface area contributed by atoms with Gasteiger partial charge in [0.15, 0.2) is 0 Å². The highest BCUT2D eigenvalue weighted by atomic mass is 32.2. The Morgan fingerprint density at radius 3 is 2.29 bits per heavy atom. The zero-order chi connectivity index (χ0) is 32.8. The minimum Gasteiger partial charge on any atom is -0.458 e. The van der Waals surface area contributed by atoms with Crippen LogP contribution < -0.4 is 9.62 Å². The first-order valence-corrected chi connectivity index (χ1v) is 17.1. The Morgan fingerprint density at radius 2 is 1.69 bits per heavy atom. The Bertz CT molecular complexity index is 1590. The molecule has 1 saturated carbocycles. The van der Waals surface area contributed by atoms with Crippen LogP contribution in [0.2, 0.25) is 0 Å². The number of esters is 1. The molecule has 1 aliphatic carbocycles. The molecule has 4 rings (SSSR count). The van der Waals surface area contributed by atoms with Crippen molar-refractivity contribution < 1.29 is 41.0 Å². The molecule has 246 valence electrons. The highest BCUT2D eigenvalue weighted by Crippen LogP contribution is 2.48. The van der Waals surface area contributed by atoms with Crippen molar-refractivity contribution in [3.05, 3.63) is 53.3 Å². The van der Waals surface area contributed by atoms with Gasteiger partial charge in [0, 0.05) is 37.3 Å². The molecule has 10 nitrogen and oxygen atoms in total. The van der Waals surface area contributed by atoms with Crippen molar-refractivity contribution in [1.82, 2.24) is 5.32 Å². The van der Waals surface area contributed by atoms with Crippen LogP contribution in [0.3, 0.4) is 0 Å². The summed E-state index contributed by atoms with van der Waals surface area (Å²) in [4.78, 5) is 24.7. The van der Waals surface area contributed by atoms with E-state index in [1.54, 1.807) is 39.0 Å². The van der Waals surface area contributed by atoms with Gasteiger partial charge in [0.1, 0.15) is 29.4 Å². The lowest BCUT2D eigenvalue weighted by Crippen LogP contribution is -2.34. The fourth-order valence-corrected chi connectivity index (χ4v) is 5.99. The SMILES string of the molecule is CNC(=O)c1c(-c2ccc(F)cc2)oc2cc(N(CCOCCCCCOCC(=O)OC(C)(C)C)S(C)(=O)=O)c(C3CC3)cc12. The number of unbranched alkanes of at least 4 members (excludes halogenated alkanes) is 2. The zero-order valence-electron chi connectivity index (χ0n) is 26.6. The third-order valence-electron chi connectivity index (χ3n) is 7.24. The van der Waals surface area contributed by atoms with E-state index in [0.29, 0.717) is 41.0 Å². The first-order chi connectivity index (χ1) is 21.3. The molecule has 1 heterocycles. The second-order valence-electron chi connectivity index (χ2n) is 12.2. The Kier molecular flexibility index (Phi) is 11.3. The van der Waals surface area contributed by atoms with Crippen LogP contribution in [-0.2, 0) is 29.0 Å². The zero-order valence-corrected chi connectivity index (χ0v) is 27.4. The molecule has 1 aliphatic rings. The summed E-state index contributed by atoms with van der Waals surface area (Å²) in [6, 6.07) is 9.21. The Labute approximate surface area is 264 Å². The molecular formula is C33H43FN2O8S. The van der Waals surface area contributed by atoms with Crippen molar-refractivity contribution in [2.24, 2.45) is 0 Å². The summed E-state index contributed by atoms with van der Waals surface area (Å²) in [6.07, 6.45) is 5.32. The average Bonchev–Trinajstić information content (AvgIpc) is 3.74. The minimum atomic E-state index is -3.69. The van der Waals surface area contributed by atoms with E-state index in [4.69, 9.17) is 18.6 Å². The van der Waals surface area contributed by atoms with E-state index < -0.39 is 27.4 Å². The molecule has 0 unspecified atom stereocenters. The molecule has 0 saturated heterocycles. The largest absolute Gasteiger partial charge is 0.458 e. The number of carbonyl (C=O) groups is 2. The van der Waals surface area contributed by atoms with Crippen LogP contribution in [0.25, 0.3) is 22.3 Å². The van der Waals surface area contributed by atoms with E-state index in [-0.39, 0.29) is 37.3 Å². The Hall–Kier alpha value is -3.48. The van der Waals surface area contributed by atoms with E-state index in [2.05, 4.69) is 5.32 Å². The first-order valence-electron chi connectivity index (χ1n) is 15.2. The summed E-state index contributed by atoms with van der Waals surface area (Å²) in [5.74, 6) is -0.713. The fraction of sp³-hybridized carbons (Fsp3) is 0.515. The number of fused-ring (bicyclic) bond motifs is 1. The smallest absolute Gasteiger partial charge is 0.332 e. The fourth-order valence-electron chi connectivity index (χ4n) is 5.07. The molecule has 2 aromatic carbocycles. The standard InChI is InChI=1S/C33H43FN2O8S/c1-33(2,3)44-29(37)21-42-17-8-6-7-16-41-18-15-36(45(5,39)40)27-20-28-26(19-25(27)22-9-10-22)30(32(38)35-4)31(43-28)23-11-13-24(34)14-12-23/h11-14,19-20,22H,6-10,15-18,21H2,1-5H3,(H,35,38). The van der Waals surface area contributed by atoms with Gasteiger partial charge in [-0.1, -0.05) is 0 Å². The quantitative estimate of drug-likeness (QED) is 0.153. The molecule has 1 fully saturated rings. The van der Waals surface area contributed by atoms with E-state index >= 15 is 0 Å². The van der Waals surface area contributed by atoms with E-state index in [1.807, 2.05) is 6.07 Å². The third kappa shape index (κ3) is 9.51. The summed E-state index contributed by atoms with van der Waals surface area (Å²) in [7, 11) is -2.16. The number of ether oxygens (including phenoxy) is 3. The lowest BCUT2D eigenvalue weighted by atomic mass is 10.0. The van der Waals surface area contributed by atoms with Crippen molar-refractivity contribution in [3.8, 4) is 11.3 Å². The Morgan fingerprint density at radius 1 is 1.02 bits per heavy atom. The maximum absolute atomic E-state index is 13.6.